The lowest BCUT2D eigenvalue weighted by Crippen LogP contribution is -2.72. The fraction of sp³-hybridized carbons (Fsp3) is 0.867. The predicted octanol–water partition coefficient (Wildman–Crippen LogP) is 2.33. The molecule has 0 saturated carbocycles. The van der Waals surface area contributed by atoms with Crippen molar-refractivity contribution in [3.63, 3.8) is 0 Å². The summed E-state index contributed by atoms with van der Waals surface area (Å²) < 4.78 is 0. The minimum absolute atomic E-state index is 0.0174. The molecule has 4 nitrogen and oxygen atoms in total. The predicted molar refractivity (Wildman–Crippen MR) is 76.7 cm³/mol. The third kappa shape index (κ3) is 2.77. The molecule has 1 fully saturated rings. The van der Waals surface area contributed by atoms with E-state index in [0.29, 0.717) is 6.42 Å². The molecule has 0 spiro atoms. The Balaban J connectivity index is 3.14. The van der Waals surface area contributed by atoms with Gasteiger partial charge >= 0.3 is 0 Å². The first-order valence-electron chi connectivity index (χ1n) is 7.43. The number of nitrogens with zero attached hydrogens (tertiary/aromatic N) is 1. The van der Waals surface area contributed by atoms with Crippen LogP contribution in [0.5, 0.6) is 0 Å². The molecule has 3 atom stereocenters. The Kier molecular flexibility index (Phi) is 4.99. The van der Waals surface area contributed by atoms with Crippen molar-refractivity contribution in [1.29, 1.82) is 0 Å². The molecule has 0 aliphatic carbocycles. The van der Waals surface area contributed by atoms with Gasteiger partial charge in [-0.3, -0.25) is 9.59 Å². The first-order chi connectivity index (χ1) is 8.79. The van der Waals surface area contributed by atoms with E-state index in [0.717, 1.165) is 12.8 Å². The molecular formula is C15H28N2O2. The lowest BCUT2D eigenvalue weighted by Gasteiger charge is -2.49. The number of carbonyl (C=O) groups is 2. The van der Waals surface area contributed by atoms with Gasteiger partial charge in [-0.2, -0.15) is 0 Å². The number of carbonyl (C=O) groups excluding carboxylic acids is 2. The molecule has 0 radical (unpaired) electrons. The van der Waals surface area contributed by atoms with Crippen LogP contribution in [0.15, 0.2) is 0 Å². The van der Waals surface area contributed by atoms with Crippen molar-refractivity contribution in [2.24, 2.45) is 5.92 Å². The Hall–Kier alpha value is -1.06. The Labute approximate surface area is 116 Å². The van der Waals surface area contributed by atoms with Crippen molar-refractivity contribution in [1.82, 2.24) is 10.2 Å². The lowest BCUT2D eigenvalue weighted by atomic mass is 9.86. The zero-order chi connectivity index (χ0) is 14.8. The molecule has 1 N–H and O–H groups in total. The molecule has 110 valence electrons. The highest BCUT2D eigenvalue weighted by atomic mass is 16.2. The summed E-state index contributed by atoms with van der Waals surface area (Å²) in [6.07, 6.45) is 2.58. The van der Waals surface area contributed by atoms with Crippen molar-refractivity contribution in [3.05, 3.63) is 0 Å². The summed E-state index contributed by atoms with van der Waals surface area (Å²) >= 11 is 0. The molecule has 1 heterocycles. The third-order valence-corrected chi connectivity index (χ3v) is 4.31. The standard InChI is InChI=1S/C15H28N2O2/c1-7-9-11(5)17-13(18)12(10(3)4)16-14(19)15(17,6)8-2/h10-12H,7-9H2,1-6H3,(H,16,19). The summed E-state index contributed by atoms with van der Waals surface area (Å²) in [5.74, 6) is 0.172. The highest BCUT2D eigenvalue weighted by Crippen LogP contribution is 2.30. The Morgan fingerprint density at radius 1 is 1.26 bits per heavy atom. The van der Waals surface area contributed by atoms with Gasteiger partial charge in [-0.25, -0.2) is 0 Å². The Bertz CT molecular complexity index is 354. The maximum Gasteiger partial charge on any atom is 0.246 e. The van der Waals surface area contributed by atoms with E-state index >= 15 is 0 Å². The molecule has 1 aliphatic rings. The van der Waals surface area contributed by atoms with Gasteiger partial charge in [-0.1, -0.05) is 34.1 Å². The van der Waals surface area contributed by atoms with Crippen LogP contribution < -0.4 is 5.32 Å². The van der Waals surface area contributed by atoms with E-state index in [4.69, 9.17) is 0 Å². The van der Waals surface area contributed by atoms with Gasteiger partial charge in [0.05, 0.1) is 0 Å². The topological polar surface area (TPSA) is 49.4 Å². The molecule has 0 aromatic rings. The monoisotopic (exact) mass is 268 g/mol. The quantitative estimate of drug-likeness (QED) is 0.832. The first-order valence-corrected chi connectivity index (χ1v) is 7.43. The summed E-state index contributed by atoms with van der Waals surface area (Å²) in [5.41, 5.74) is -0.711. The van der Waals surface area contributed by atoms with E-state index in [1.165, 1.54) is 0 Å². The zero-order valence-corrected chi connectivity index (χ0v) is 13.1. The van der Waals surface area contributed by atoms with Crippen LogP contribution >= 0.6 is 0 Å². The molecular weight excluding hydrogens is 240 g/mol. The Morgan fingerprint density at radius 3 is 2.26 bits per heavy atom. The number of hydrogen-bond acceptors (Lipinski definition) is 2. The van der Waals surface area contributed by atoms with Crippen LogP contribution in [0.2, 0.25) is 0 Å². The normalized spacial score (nSPS) is 29.6. The summed E-state index contributed by atoms with van der Waals surface area (Å²) in [4.78, 5) is 27.0. The van der Waals surface area contributed by atoms with Crippen LogP contribution in [0.3, 0.4) is 0 Å². The highest BCUT2D eigenvalue weighted by Gasteiger charge is 2.50. The molecule has 0 aromatic heterocycles. The first kappa shape index (κ1) is 16.0. The van der Waals surface area contributed by atoms with Crippen LogP contribution in [0.25, 0.3) is 0 Å². The van der Waals surface area contributed by atoms with E-state index in [-0.39, 0.29) is 29.8 Å². The third-order valence-electron chi connectivity index (χ3n) is 4.31. The minimum atomic E-state index is -0.711. The van der Waals surface area contributed by atoms with Gasteiger partial charge in [-0.05, 0) is 32.6 Å². The number of amides is 2. The SMILES string of the molecule is CCCC(C)N1C(=O)C(C(C)C)NC(=O)C1(C)CC. The van der Waals surface area contributed by atoms with Crippen LogP contribution in [0.4, 0.5) is 0 Å². The van der Waals surface area contributed by atoms with Gasteiger partial charge in [0.2, 0.25) is 11.8 Å². The fourth-order valence-corrected chi connectivity index (χ4v) is 2.89. The number of nitrogens with one attached hydrogen (secondary N) is 1. The second kappa shape index (κ2) is 5.93. The van der Waals surface area contributed by atoms with E-state index < -0.39 is 5.54 Å². The molecule has 3 unspecified atom stereocenters. The van der Waals surface area contributed by atoms with E-state index in [2.05, 4.69) is 12.2 Å². The van der Waals surface area contributed by atoms with E-state index in [1.807, 2.05) is 39.5 Å². The second-order valence-corrected chi connectivity index (χ2v) is 6.17. The van der Waals surface area contributed by atoms with Gasteiger partial charge < -0.3 is 10.2 Å². The maximum absolute atomic E-state index is 12.7. The molecule has 4 heteroatoms. The zero-order valence-electron chi connectivity index (χ0n) is 13.1. The summed E-state index contributed by atoms with van der Waals surface area (Å²) in [6.45, 7) is 11.9. The second-order valence-electron chi connectivity index (χ2n) is 6.17. The molecule has 1 rings (SSSR count). The summed E-state index contributed by atoms with van der Waals surface area (Å²) in [6, 6.07) is -0.277. The molecule has 0 aromatic carbocycles. The number of rotatable bonds is 5. The van der Waals surface area contributed by atoms with Crippen molar-refractivity contribution in [2.45, 2.75) is 78.4 Å². The van der Waals surface area contributed by atoms with Gasteiger partial charge in [-0.15, -0.1) is 0 Å². The van der Waals surface area contributed by atoms with Crippen molar-refractivity contribution in [3.8, 4) is 0 Å². The lowest BCUT2D eigenvalue weighted by molar-refractivity contribution is -0.161. The van der Waals surface area contributed by atoms with Crippen molar-refractivity contribution in [2.75, 3.05) is 0 Å². The van der Waals surface area contributed by atoms with Gasteiger partial charge in [0.1, 0.15) is 11.6 Å². The highest BCUT2D eigenvalue weighted by molar-refractivity contribution is 5.99. The summed E-state index contributed by atoms with van der Waals surface area (Å²) in [5, 5.41) is 2.90. The van der Waals surface area contributed by atoms with Crippen LogP contribution in [0, 0.1) is 5.92 Å². The summed E-state index contributed by atoms with van der Waals surface area (Å²) in [7, 11) is 0. The van der Waals surface area contributed by atoms with E-state index in [1.54, 1.807) is 0 Å². The number of piperazine rings is 1. The molecule has 1 saturated heterocycles. The van der Waals surface area contributed by atoms with Crippen LogP contribution in [-0.4, -0.2) is 34.3 Å². The Morgan fingerprint density at radius 2 is 1.84 bits per heavy atom. The van der Waals surface area contributed by atoms with Crippen molar-refractivity contribution < 1.29 is 9.59 Å². The largest absolute Gasteiger partial charge is 0.342 e. The molecule has 2 amide bonds. The maximum atomic E-state index is 12.7. The average Bonchev–Trinajstić information content (AvgIpc) is 2.33. The minimum Gasteiger partial charge on any atom is -0.342 e. The fourth-order valence-electron chi connectivity index (χ4n) is 2.89. The van der Waals surface area contributed by atoms with Crippen LogP contribution in [0.1, 0.15) is 60.8 Å². The smallest absolute Gasteiger partial charge is 0.246 e. The van der Waals surface area contributed by atoms with Crippen molar-refractivity contribution >= 4 is 11.8 Å². The van der Waals surface area contributed by atoms with E-state index in [9.17, 15) is 9.59 Å². The van der Waals surface area contributed by atoms with Gasteiger partial charge in [0, 0.05) is 6.04 Å². The molecule has 0 bridgehead atoms. The van der Waals surface area contributed by atoms with Gasteiger partial charge in [0.25, 0.3) is 0 Å². The van der Waals surface area contributed by atoms with Gasteiger partial charge in [0.15, 0.2) is 0 Å². The molecule has 1 aliphatic heterocycles. The number of hydrogen-bond donors (Lipinski definition) is 1. The molecule has 19 heavy (non-hydrogen) atoms. The van der Waals surface area contributed by atoms with Crippen LogP contribution in [-0.2, 0) is 9.59 Å². The average molecular weight is 268 g/mol.